The molecule has 5 nitrogen and oxygen atoms in total. The third-order valence-electron chi connectivity index (χ3n) is 2.69. The van der Waals surface area contributed by atoms with Crippen molar-refractivity contribution in [2.45, 2.75) is 0 Å². The van der Waals surface area contributed by atoms with Gasteiger partial charge in [0.15, 0.2) is 0 Å². The minimum absolute atomic E-state index is 0. The number of anilines is 2. The van der Waals surface area contributed by atoms with Crippen molar-refractivity contribution in [3.63, 3.8) is 0 Å². The van der Waals surface area contributed by atoms with E-state index in [-0.39, 0.29) is 30.1 Å². The maximum Gasteiger partial charge on any atom is 1.00 e. The number of morpholine rings is 1. The number of carbonyl (C=O) groups excluding carboxylic acids is 1. The van der Waals surface area contributed by atoms with Gasteiger partial charge in [0.1, 0.15) is 0 Å². The van der Waals surface area contributed by atoms with Gasteiger partial charge in [-0.05, 0) is 12.1 Å². The van der Waals surface area contributed by atoms with Gasteiger partial charge in [0, 0.05) is 24.3 Å². The monoisotopic (exact) mass is 262 g/mol. The van der Waals surface area contributed by atoms with Crippen LogP contribution in [0.4, 0.5) is 11.4 Å². The summed E-state index contributed by atoms with van der Waals surface area (Å²) in [6, 6.07) is 2.90. The van der Waals surface area contributed by atoms with Crippen LogP contribution in [0.5, 0.6) is 0 Å². The summed E-state index contributed by atoms with van der Waals surface area (Å²) in [5, 5.41) is 11.3. The molecule has 0 saturated carbocycles. The van der Waals surface area contributed by atoms with Gasteiger partial charge in [0.25, 0.3) is 0 Å². The number of nitrogens with two attached hydrogens (primary N) is 1. The summed E-state index contributed by atoms with van der Waals surface area (Å²) in [5.74, 6) is -1.30. The molecule has 1 aliphatic rings. The van der Waals surface area contributed by atoms with E-state index in [0.29, 0.717) is 37.0 Å². The number of hydrogen-bond acceptors (Lipinski definition) is 5. The topological polar surface area (TPSA) is 78.6 Å². The Bertz CT molecular complexity index is 450. The number of ether oxygens (including phenoxy) is 1. The van der Waals surface area contributed by atoms with Crippen molar-refractivity contribution < 1.29 is 33.5 Å². The third-order valence-corrected chi connectivity index (χ3v) is 2.99. The van der Waals surface area contributed by atoms with Crippen LogP contribution in [0.15, 0.2) is 12.1 Å². The number of hydrogen-bond donors (Lipinski definition) is 1. The summed E-state index contributed by atoms with van der Waals surface area (Å²) < 4.78 is 5.22. The molecule has 0 radical (unpaired) electrons. The first-order valence-corrected chi connectivity index (χ1v) is 5.60. The van der Waals surface area contributed by atoms with E-state index in [9.17, 15) is 9.90 Å². The number of carboxylic acid groups (broad SMARTS) is 1. The van der Waals surface area contributed by atoms with E-state index in [0.717, 1.165) is 0 Å². The standard InChI is InChI=1S/C11H13ClN2O3.Li/c12-8-6-9(13)7(11(15)16)5-10(8)14-1-3-17-4-2-14;/h5-6H,1-4,13H2,(H,15,16);/q;+1/p-1. The second kappa shape index (κ2) is 6.35. The zero-order valence-corrected chi connectivity index (χ0v) is 10.9. The second-order valence-corrected chi connectivity index (χ2v) is 4.18. The Morgan fingerprint density at radius 2 is 2.00 bits per heavy atom. The Morgan fingerprint density at radius 3 is 2.56 bits per heavy atom. The minimum atomic E-state index is -1.30. The number of nitrogens with zero attached hydrogens (tertiary/aromatic N) is 1. The van der Waals surface area contributed by atoms with Gasteiger partial charge in [-0.25, -0.2) is 0 Å². The fourth-order valence-corrected chi connectivity index (χ4v) is 2.09. The summed E-state index contributed by atoms with van der Waals surface area (Å²) in [5.41, 5.74) is 6.31. The molecule has 0 atom stereocenters. The van der Waals surface area contributed by atoms with Gasteiger partial charge in [-0.3, -0.25) is 0 Å². The van der Waals surface area contributed by atoms with Gasteiger partial charge in [-0.15, -0.1) is 0 Å². The Balaban J connectivity index is 0.00000162. The van der Waals surface area contributed by atoms with Crippen LogP contribution in [-0.4, -0.2) is 32.3 Å². The molecule has 1 heterocycles. The Labute approximate surface area is 122 Å². The maximum atomic E-state index is 10.9. The van der Waals surface area contributed by atoms with Gasteiger partial charge in [-0.2, -0.15) is 0 Å². The molecule has 92 valence electrons. The zero-order valence-electron chi connectivity index (χ0n) is 10.1. The number of benzene rings is 1. The van der Waals surface area contributed by atoms with Crippen LogP contribution in [0.2, 0.25) is 5.02 Å². The van der Waals surface area contributed by atoms with Crippen LogP contribution in [0, 0.1) is 0 Å². The van der Waals surface area contributed by atoms with Crippen molar-refractivity contribution >= 4 is 28.9 Å². The van der Waals surface area contributed by atoms with E-state index in [4.69, 9.17) is 22.1 Å². The number of carboxylic acids is 1. The molecule has 0 unspecified atom stereocenters. The van der Waals surface area contributed by atoms with E-state index in [2.05, 4.69) is 0 Å². The van der Waals surface area contributed by atoms with E-state index < -0.39 is 5.97 Å². The number of aromatic carboxylic acids is 1. The van der Waals surface area contributed by atoms with Crippen LogP contribution in [-0.2, 0) is 4.74 Å². The molecule has 0 bridgehead atoms. The fourth-order valence-electron chi connectivity index (χ4n) is 1.80. The zero-order chi connectivity index (χ0) is 12.4. The average Bonchev–Trinajstić information content (AvgIpc) is 2.29. The van der Waals surface area contributed by atoms with Crippen LogP contribution in [0.3, 0.4) is 0 Å². The molecule has 1 saturated heterocycles. The van der Waals surface area contributed by atoms with Crippen molar-refractivity contribution in [3.8, 4) is 0 Å². The smallest absolute Gasteiger partial charge is 0.545 e. The summed E-state index contributed by atoms with van der Waals surface area (Å²) in [6.07, 6.45) is 0. The van der Waals surface area contributed by atoms with Crippen LogP contribution >= 0.6 is 11.6 Å². The summed E-state index contributed by atoms with van der Waals surface area (Å²) in [7, 11) is 0. The van der Waals surface area contributed by atoms with Gasteiger partial charge in [0.2, 0.25) is 0 Å². The van der Waals surface area contributed by atoms with Gasteiger partial charge >= 0.3 is 18.9 Å². The van der Waals surface area contributed by atoms with Crippen molar-refractivity contribution in [3.05, 3.63) is 22.7 Å². The number of nitrogen functional groups attached to an aromatic ring is 1. The normalized spacial score (nSPS) is 15.1. The predicted octanol–water partition coefficient (Wildman–Crippen LogP) is -2.87. The number of rotatable bonds is 2. The van der Waals surface area contributed by atoms with Crippen molar-refractivity contribution in [2.75, 3.05) is 36.9 Å². The van der Waals surface area contributed by atoms with Gasteiger partial charge < -0.3 is 25.3 Å². The molecule has 2 N–H and O–H groups in total. The molecular weight excluding hydrogens is 251 g/mol. The molecule has 1 fully saturated rings. The molecule has 1 aromatic rings. The summed E-state index contributed by atoms with van der Waals surface area (Å²) in [4.78, 5) is 12.9. The first-order valence-electron chi connectivity index (χ1n) is 5.22. The second-order valence-electron chi connectivity index (χ2n) is 3.78. The fraction of sp³-hybridized carbons (Fsp3) is 0.364. The van der Waals surface area contributed by atoms with Gasteiger partial charge in [-0.1, -0.05) is 11.6 Å². The van der Waals surface area contributed by atoms with E-state index >= 15 is 0 Å². The van der Waals surface area contributed by atoms with Crippen LogP contribution < -0.4 is 34.6 Å². The SMILES string of the molecule is Nc1cc(Cl)c(N2CCOCC2)cc1C(=O)[O-].[Li+]. The molecule has 0 aliphatic carbocycles. The first kappa shape index (κ1) is 15.2. The molecule has 0 aromatic heterocycles. The van der Waals surface area contributed by atoms with Crippen molar-refractivity contribution in [2.24, 2.45) is 0 Å². The minimum Gasteiger partial charge on any atom is -0.545 e. The molecule has 2 rings (SSSR count). The number of carbonyl (C=O) groups is 1. The Morgan fingerprint density at radius 1 is 1.39 bits per heavy atom. The molecule has 1 aromatic carbocycles. The molecule has 0 spiro atoms. The average molecular weight is 263 g/mol. The largest absolute Gasteiger partial charge is 1.00 e. The van der Waals surface area contributed by atoms with E-state index in [1.807, 2.05) is 4.90 Å². The quantitative estimate of drug-likeness (QED) is 0.458. The Kier molecular flexibility index (Phi) is 5.36. The predicted molar refractivity (Wildman–Crippen MR) is 63.2 cm³/mol. The van der Waals surface area contributed by atoms with Crippen molar-refractivity contribution in [1.29, 1.82) is 0 Å². The summed E-state index contributed by atoms with van der Waals surface area (Å²) in [6.45, 7) is 2.55. The molecule has 18 heavy (non-hydrogen) atoms. The number of halogens is 1. The van der Waals surface area contributed by atoms with Gasteiger partial charge in [0.05, 0.1) is 29.9 Å². The molecule has 1 aliphatic heterocycles. The van der Waals surface area contributed by atoms with Crippen molar-refractivity contribution in [1.82, 2.24) is 0 Å². The van der Waals surface area contributed by atoms with E-state index in [1.54, 1.807) is 0 Å². The third kappa shape index (κ3) is 3.12. The van der Waals surface area contributed by atoms with Crippen LogP contribution in [0.25, 0.3) is 0 Å². The maximum absolute atomic E-state index is 10.9. The molecule has 0 amide bonds. The van der Waals surface area contributed by atoms with Crippen LogP contribution in [0.1, 0.15) is 10.4 Å². The Hall–Kier alpha value is -0.863. The molecule has 7 heteroatoms. The first-order chi connectivity index (χ1) is 8.09. The van der Waals surface area contributed by atoms with E-state index in [1.165, 1.54) is 12.1 Å². The molecular formula is C11H12ClLiN2O3. The summed E-state index contributed by atoms with van der Waals surface area (Å²) >= 11 is 6.06.